The molecule has 0 saturated carbocycles. The van der Waals surface area contributed by atoms with Crippen molar-refractivity contribution in [1.29, 1.82) is 0 Å². The number of fused-ring (bicyclic) bond motifs is 2. The molecule has 1 saturated heterocycles. The van der Waals surface area contributed by atoms with Crippen molar-refractivity contribution in [3.63, 3.8) is 0 Å². The summed E-state index contributed by atoms with van der Waals surface area (Å²) in [7, 11) is -0.589. The number of hydrogen-bond donors (Lipinski definition) is 3. The second-order valence-corrected chi connectivity index (χ2v) is 17.5. The number of hydrogen-bond acceptors (Lipinski definition) is 6. The zero-order valence-corrected chi connectivity index (χ0v) is 27.7. The van der Waals surface area contributed by atoms with Gasteiger partial charge in [-0.2, -0.15) is 0 Å². The Kier molecular flexibility index (Phi) is 8.50. The van der Waals surface area contributed by atoms with E-state index in [0.29, 0.717) is 29.9 Å². The van der Waals surface area contributed by atoms with Crippen LogP contribution in [0.4, 0.5) is 17.1 Å². The SMILES string of the molecule is COc1ccc([Si](C)(C)[C@H]2[C@H](CCO)O[C@@]3(C(=O)N(Cc4cccc(NC(=O)c5ccc(N)cc5)c4)c4ccccc43)[C@@H]2C)cc1. The van der Waals surface area contributed by atoms with Crippen molar-refractivity contribution in [2.24, 2.45) is 5.92 Å². The molecule has 4 aromatic rings. The number of methoxy groups -OCH3 is 1. The number of aliphatic hydroxyl groups is 1. The number of rotatable bonds is 9. The Balaban J connectivity index is 1.31. The van der Waals surface area contributed by atoms with Crippen molar-refractivity contribution in [2.75, 3.05) is 29.7 Å². The highest BCUT2D eigenvalue weighted by Gasteiger charge is 2.66. The van der Waals surface area contributed by atoms with Crippen LogP contribution in [0.1, 0.15) is 34.8 Å². The van der Waals surface area contributed by atoms with Gasteiger partial charge in [0.15, 0.2) is 5.60 Å². The topological polar surface area (TPSA) is 114 Å². The fraction of sp³-hybridized carbons (Fsp3) is 0.297. The minimum absolute atomic E-state index is 0.0223. The number of nitrogens with zero attached hydrogens (tertiary/aromatic N) is 1. The lowest BCUT2D eigenvalue weighted by Gasteiger charge is -2.37. The largest absolute Gasteiger partial charge is 0.497 e. The highest BCUT2D eigenvalue weighted by Crippen LogP contribution is 2.60. The van der Waals surface area contributed by atoms with E-state index in [1.807, 2.05) is 65.6 Å². The number of aliphatic hydroxyl groups excluding tert-OH is 1. The van der Waals surface area contributed by atoms with Crippen molar-refractivity contribution >= 4 is 42.1 Å². The Morgan fingerprint density at radius 3 is 2.43 bits per heavy atom. The molecule has 0 bridgehead atoms. The molecule has 1 fully saturated rings. The summed E-state index contributed by atoms with van der Waals surface area (Å²) in [6, 6.07) is 30.5. The zero-order chi connectivity index (χ0) is 32.6. The molecule has 8 nitrogen and oxygen atoms in total. The van der Waals surface area contributed by atoms with E-state index in [9.17, 15) is 14.7 Å². The Hall–Kier alpha value is -4.44. The van der Waals surface area contributed by atoms with E-state index in [1.165, 1.54) is 5.19 Å². The summed E-state index contributed by atoms with van der Waals surface area (Å²) < 4.78 is 12.4. The van der Waals surface area contributed by atoms with Gasteiger partial charge in [-0.3, -0.25) is 9.59 Å². The van der Waals surface area contributed by atoms with Crippen LogP contribution >= 0.6 is 0 Å². The number of nitrogens with one attached hydrogen (secondary N) is 1. The first-order valence-corrected chi connectivity index (χ1v) is 18.8. The van der Waals surface area contributed by atoms with Crippen molar-refractivity contribution in [3.05, 3.63) is 114 Å². The van der Waals surface area contributed by atoms with E-state index >= 15 is 0 Å². The van der Waals surface area contributed by atoms with Crippen molar-refractivity contribution in [3.8, 4) is 5.75 Å². The summed E-state index contributed by atoms with van der Waals surface area (Å²) in [5, 5.41) is 14.3. The standard InChI is InChI=1S/C37H41N3O5Si/c1-24-34(46(3,4)30-18-16-29(44-2)17-19-30)33(20-21-41)45-37(24)31-10-5-6-11-32(31)40(36(37)43)23-25-8-7-9-28(22-25)39-35(42)26-12-14-27(38)15-13-26/h5-19,22,24,33-34,41H,20-21,23,38H2,1-4H3,(H,39,42)/t24-,33+,34-,37+/m1/s1. The van der Waals surface area contributed by atoms with E-state index in [-0.39, 0.29) is 36.0 Å². The maximum Gasteiger partial charge on any atom is 0.264 e. The maximum absolute atomic E-state index is 14.8. The molecule has 4 aromatic carbocycles. The van der Waals surface area contributed by atoms with Crippen LogP contribution in [0.3, 0.4) is 0 Å². The lowest BCUT2D eigenvalue weighted by Crippen LogP contribution is -2.51. The van der Waals surface area contributed by atoms with E-state index in [0.717, 1.165) is 22.6 Å². The molecule has 0 radical (unpaired) electrons. The van der Waals surface area contributed by atoms with Gasteiger partial charge < -0.3 is 30.5 Å². The molecule has 2 amide bonds. The Morgan fingerprint density at radius 1 is 1.02 bits per heavy atom. The molecule has 2 aliphatic heterocycles. The summed E-state index contributed by atoms with van der Waals surface area (Å²) in [5.74, 6) is 0.327. The number of amides is 2. The van der Waals surface area contributed by atoms with E-state index in [4.69, 9.17) is 15.2 Å². The molecule has 1 spiro atoms. The molecule has 0 unspecified atom stereocenters. The van der Waals surface area contributed by atoms with Crippen LogP contribution in [0.15, 0.2) is 97.1 Å². The summed E-state index contributed by atoms with van der Waals surface area (Å²) in [4.78, 5) is 29.5. The van der Waals surface area contributed by atoms with Gasteiger partial charge in [0.1, 0.15) is 5.75 Å². The summed E-state index contributed by atoms with van der Waals surface area (Å²) in [6.45, 7) is 7.09. The zero-order valence-electron chi connectivity index (χ0n) is 26.7. The minimum atomic E-state index is -2.25. The quantitative estimate of drug-likeness (QED) is 0.161. The number of anilines is 3. The molecule has 6 rings (SSSR count). The van der Waals surface area contributed by atoms with E-state index in [2.05, 4.69) is 37.5 Å². The van der Waals surface area contributed by atoms with Crippen LogP contribution in [-0.4, -0.2) is 44.8 Å². The fourth-order valence-corrected chi connectivity index (χ4v) is 11.6. The van der Waals surface area contributed by atoms with Crippen LogP contribution in [0.2, 0.25) is 18.6 Å². The number of nitrogen functional groups attached to an aromatic ring is 1. The smallest absolute Gasteiger partial charge is 0.264 e. The first-order valence-electron chi connectivity index (χ1n) is 15.7. The minimum Gasteiger partial charge on any atom is -0.497 e. The molecule has 9 heteroatoms. The van der Waals surface area contributed by atoms with Gasteiger partial charge in [-0.05, 0) is 72.1 Å². The molecular weight excluding hydrogens is 595 g/mol. The molecule has 2 heterocycles. The second-order valence-electron chi connectivity index (χ2n) is 12.9. The highest BCUT2D eigenvalue weighted by molar-refractivity contribution is 6.91. The van der Waals surface area contributed by atoms with Gasteiger partial charge in [0.25, 0.3) is 11.8 Å². The Labute approximate surface area is 271 Å². The van der Waals surface area contributed by atoms with Gasteiger partial charge in [0, 0.05) is 35.0 Å². The summed E-state index contributed by atoms with van der Waals surface area (Å²) in [5.41, 5.74) is 8.96. The first kappa shape index (κ1) is 31.5. The Morgan fingerprint density at radius 2 is 1.74 bits per heavy atom. The van der Waals surface area contributed by atoms with E-state index < -0.39 is 13.7 Å². The average molecular weight is 636 g/mol. The second kappa shape index (κ2) is 12.4. The third kappa shape index (κ3) is 5.38. The monoisotopic (exact) mass is 635 g/mol. The van der Waals surface area contributed by atoms with Crippen molar-refractivity contribution in [2.45, 2.75) is 50.2 Å². The predicted molar refractivity (Wildman–Crippen MR) is 184 cm³/mol. The Bertz CT molecular complexity index is 1740. The van der Waals surface area contributed by atoms with Crippen LogP contribution in [0.25, 0.3) is 0 Å². The van der Waals surface area contributed by atoms with Gasteiger partial charge in [-0.15, -0.1) is 0 Å². The molecule has 4 N–H and O–H groups in total. The van der Waals surface area contributed by atoms with Gasteiger partial charge in [0.05, 0.1) is 33.5 Å². The number of carbonyl (C=O) groups excluding carboxylic acids is 2. The molecule has 46 heavy (non-hydrogen) atoms. The first-order chi connectivity index (χ1) is 22.1. The average Bonchev–Trinajstić information content (AvgIpc) is 3.48. The number of benzene rings is 4. The van der Waals surface area contributed by atoms with Gasteiger partial charge in [0.2, 0.25) is 0 Å². The van der Waals surface area contributed by atoms with Crippen LogP contribution < -0.4 is 25.9 Å². The number of ether oxygens (including phenoxy) is 2. The van der Waals surface area contributed by atoms with Crippen LogP contribution in [0, 0.1) is 5.92 Å². The summed E-state index contributed by atoms with van der Waals surface area (Å²) >= 11 is 0. The summed E-state index contributed by atoms with van der Waals surface area (Å²) in [6.07, 6.45) is 0.168. The van der Waals surface area contributed by atoms with Crippen LogP contribution in [0.5, 0.6) is 5.75 Å². The molecular formula is C37H41N3O5Si. The number of para-hydroxylation sites is 1. The maximum atomic E-state index is 14.8. The van der Waals surface area contributed by atoms with Gasteiger partial charge in [-0.25, -0.2) is 0 Å². The lowest BCUT2D eigenvalue weighted by atomic mass is 9.82. The van der Waals surface area contributed by atoms with E-state index in [1.54, 1.807) is 31.4 Å². The molecule has 0 aliphatic carbocycles. The lowest BCUT2D eigenvalue weighted by molar-refractivity contribution is -0.146. The number of nitrogens with two attached hydrogens (primary N) is 1. The molecule has 0 aromatic heterocycles. The third-order valence-electron chi connectivity index (χ3n) is 9.85. The highest BCUT2D eigenvalue weighted by atomic mass is 28.3. The number of carbonyl (C=O) groups is 2. The third-order valence-corrected chi connectivity index (χ3v) is 14.2. The fourth-order valence-electron chi connectivity index (χ4n) is 7.59. The normalized spacial score (nSPS) is 22.2. The molecule has 2 aliphatic rings. The predicted octanol–water partition coefficient (Wildman–Crippen LogP) is 5.67. The van der Waals surface area contributed by atoms with Crippen LogP contribution in [-0.2, 0) is 21.7 Å². The van der Waals surface area contributed by atoms with Crippen molar-refractivity contribution < 1.29 is 24.2 Å². The van der Waals surface area contributed by atoms with Gasteiger partial charge >= 0.3 is 0 Å². The molecule has 4 atom stereocenters. The molecule has 238 valence electrons. The van der Waals surface area contributed by atoms with Gasteiger partial charge in [-0.1, -0.05) is 67.7 Å². The van der Waals surface area contributed by atoms with Crippen molar-refractivity contribution in [1.82, 2.24) is 0 Å².